The second-order valence-electron chi connectivity index (χ2n) is 7.52. The third-order valence-electron chi connectivity index (χ3n) is 5.68. The second-order valence-corrected chi connectivity index (χ2v) is 7.52. The highest BCUT2D eigenvalue weighted by molar-refractivity contribution is 5.62. The van der Waals surface area contributed by atoms with Crippen molar-refractivity contribution in [2.75, 3.05) is 18.0 Å². The van der Waals surface area contributed by atoms with Gasteiger partial charge in [0.05, 0.1) is 11.3 Å². The Morgan fingerprint density at radius 1 is 0.417 bits per heavy atom. The Balaban J connectivity index is 2.80. The number of nitrogens with zero attached hydrogens (tertiary/aromatic N) is 1. The lowest BCUT2D eigenvalue weighted by Crippen LogP contribution is -2.45. The maximum Gasteiger partial charge on any atom is 0.345 e. The molecule has 1 nitrogen and oxygen atoms in total. The van der Waals surface area contributed by atoms with Crippen LogP contribution in [0.1, 0.15) is 36.1 Å². The Morgan fingerprint density at radius 2 is 0.639 bits per heavy atom. The van der Waals surface area contributed by atoms with Gasteiger partial charge in [-0.1, -0.05) is 0 Å². The first kappa shape index (κ1) is 27.8. The van der Waals surface area contributed by atoms with Crippen LogP contribution in [0.3, 0.4) is 0 Å². The van der Waals surface area contributed by atoms with Crippen LogP contribution < -0.4 is 4.90 Å². The van der Waals surface area contributed by atoms with Crippen LogP contribution in [0.15, 0.2) is 0 Å². The number of benzene rings is 2. The van der Waals surface area contributed by atoms with Crippen molar-refractivity contribution in [2.24, 2.45) is 0 Å². The molecule has 0 radical (unpaired) electrons. The van der Waals surface area contributed by atoms with Crippen LogP contribution in [0.2, 0.25) is 0 Å². The molecular weight excluding hydrogens is 539 g/mol. The van der Waals surface area contributed by atoms with Crippen molar-refractivity contribution in [2.45, 2.75) is 37.5 Å². The van der Waals surface area contributed by atoms with Gasteiger partial charge in [0.25, 0.3) is 0 Å². The molecule has 0 fully saturated rings. The molecule has 0 aromatic heterocycles. The van der Waals surface area contributed by atoms with E-state index in [9.17, 15) is 52.7 Å². The summed E-state index contributed by atoms with van der Waals surface area (Å²) in [5.41, 5.74) is -16.1. The smallest absolute Gasteiger partial charge is 0.345 e. The number of halogens is 15. The van der Waals surface area contributed by atoms with Gasteiger partial charge in [0.2, 0.25) is 0 Å². The predicted molar refractivity (Wildman–Crippen MR) is 91.7 cm³/mol. The van der Waals surface area contributed by atoms with E-state index in [1.807, 2.05) is 0 Å². The molecule has 0 spiro atoms. The monoisotopic (exact) mass is 549 g/mol. The van der Waals surface area contributed by atoms with Crippen molar-refractivity contribution in [1.82, 2.24) is 0 Å². The summed E-state index contributed by atoms with van der Waals surface area (Å²) in [5.74, 6) is -51.1. The SMILES string of the molecule is CCN(CC)c1c(F)c2c(F)c(F)c1C(F)(F)C(F)(F)c1c(F)c(F)c(c(F)c1F)C(F)(F)C2(F)F. The van der Waals surface area contributed by atoms with E-state index in [2.05, 4.69) is 0 Å². The molecule has 0 amide bonds. The fourth-order valence-electron chi connectivity index (χ4n) is 3.86. The minimum atomic E-state index is -6.69. The largest absolute Gasteiger partial charge is 0.369 e. The molecule has 0 saturated heterocycles. The van der Waals surface area contributed by atoms with Crippen molar-refractivity contribution in [3.63, 3.8) is 0 Å². The van der Waals surface area contributed by atoms with Gasteiger partial charge in [-0.25, -0.2) is 30.7 Å². The predicted octanol–water partition coefficient (Wildman–Crippen LogP) is 7.59. The molecule has 4 bridgehead atoms. The van der Waals surface area contributed by atoms with Gasteiger partial charge < -0.3 is 4.90 Å². The van der Waals surface area contributed by atoms with Crippen molar-refractivity contribution < 1.29 is 65.9 Å². The molecule has 2 aromatic carbocycles. The van der Waals surface area contributed by atoms with Crippen LogP contribution in [0.25, 0.3) is 0 Å². The lowest BCUT2D eigenvalue weighted by atomic mass is 9.85. The normalized spacial score (nSPS) is 19.2. The van der Waals surface area contributed by atoms with Crippen molar-refractivity contribution in [3.8, 4) is 0 Å². The molecule has 0 unspecified atom stereocenters. The van der Waals surface area contributed by atoms with Gasteiger partial charge in [-0.15, -0.1) is 0 Å². The van der Waals surface area contributed by atoms with E-state index in [4.69, 9.17) is 0 Å². The van der Waals surface area contributed by atoms with Gasteiger partial charge in [0.15, 0.2) is 40.7 Å². The Morgan fingerprint density at radius 3 is 0.917 bits per heavy atom. The Labute approximate surface area is 191 Å². The van der Waals surface area contributed by atoms with Crippen LogP contribution >= 0.6 is 0 Å². The van der Waals surface area contributed by atoms with Crippen molar-refractivity contribution in [3.05, 3.63) is 63.0 Å². The number of hydrogen-bond donors (Lipinski definition) is 0. The average molecular weight is 549 g/mol. The van der Waals surface area contributed by atoms with Gasteiger partial charge in [0, 0.05) is 13.1 Å². The van der Waals surface area contributed by atoms with Crippen LogP contribution in [0, 0.1) is 40.7 Å². The zero-order valence-corrected chi connectivity index (χ0v) is 17.5. The average Bonchev–Trinajstić information content (AvgIpc) is 2.75. The van der Waals surface area contributed by atoms with E-state index in [-0.39, 0.29) is 4.90 Å². The fourth-order valence-corrected chi connectivity index (χ4v) is 3.86. The molecule has 4 aliphatic rings. The van der Waals surface area contributed by atoms with Crippen LogP contribution in [0.4, 0.5) is 71.5 Å². The molecule has 4 aliphatic carbocycles. The van der Waals surface area contributed by atoms with E-state index in [1.54, 1.807) is 0 Å². The summed E-state index contributed by atoms with van der Waals surface area (Å²) in [6.07, 6.45) is 0. The van der Waals surface area contributed by atoms with E-state index < -0.39 is 105 Å². The molecule has 0 heterocycles. The first-order valence-corrected chi connectivity index (χ1v) is 9.61. The fraction of sp³-hybridized carbons (Fsp3) is 0.400. The Kier molecular flexibility index (Phi) is 6.25. The minimum Gasteiger partial charge on any atom is -0.369 e. The second kappa shape index (κ2) is 8.10. The molecule has 0 aliphatic heterocycles. The molecule has 36 heavy (non-hydrogen) atoms. The minimum absolute atomic E-state index is 0.121. The summed E-state index contributed by atoms with van der Waals surface area (Å²) in [5, 5.41) is 0. The quantitative estimate of drug-likeness (QED) is 0.282. The molecule has 0 N–H and O–H groups in total. The van der Waals surface area contributed by atoms with Crippen LogP contribution in [-0.2, 0) is 23.7 Å². The highest BCUT2D eigenvalue weighted by atomic mass is 19.3. The summed E-state index contributed by atoms with van der Waals surface area (Å²) in [6, 6.07) is 0. The van der Waals surface area contributed by atoms with Crippen molar-refractivity contribution >= 4 is 5.69 Å². The van der Waals surface area contributed by atoms with Gasteiger partial charge in [-0.3, -0.25) is 0 Å². The van der Waals surface area contributed by atoms with E-state index in [0.29, 0.717) is 0 Å². The Bertz CT molecular complexity index is 1220. The summed E-state index contributed by atoms with van der Waals surface area (Å²) in [4.78, 5) is 0.121. The third kappa shape index (κ3) is 3.14. The molecule has 6 rings (SSSR count). The third-order valence-corrected chi connectivity index (χ3v) is 5.68. The molecule has 0 saturated carbocycles. The lowest BCUT2D eigenvalue weighted by molar-refractivity contribution is -0.235. The van der Waals surface area contributed by atoms with Gasteiger partial charge >= 0.3 is 23.7 Å². The molecule has 0 atom stereocenters. The van der Waals surface area contributed by atoms with Gasteiger partial charge in [-0.05, 0) is 13.8 Å². The summed E-state index contributed by atoms with van der Waals surface area (Å²) in [7, 11) is 0. The summed E-state index contributed by atoms with van der Waals surface area (Å²) < 4.78 is 221. The highest BCUT2D eigenvalue weighted by Gasteiger charge is 2.70. The summed E-state index contributed by atoms with van der Waals surface area (Å²) in [6.45, 7) is 0.326. The number of rotatable bonds is 3. The molecule has 2 aromatic rings. The molecule has 200 valence electrons. The maximum atomic E-state index is 15.2. The zero-order valence-electron chi connectivity index (χ0n) is 17.5. The maximum absolute atomic E-state index is 15.2. The first-order chi connectivity index (χ1) is 16.3. The van der Waals surface area contributed by atoms with E-state index >= 15 is 13.2 Å². The number of anilines is 1. The highest BCUT2D eigenvalue weighted by Crippen LogP contribution is 2.60. The van der Waals surface area contributed by atoms with Crippen LogP contribution in [0.5, 0.6) is 0 Å². The first-order valence-electron chi connectivity index (χ1n) is 9.61. The lowest BCUT2D eigenvalue weighted by Gasteiger charge is -2.36. The van der Waals surface area contributed by atoms with Crippen LogP contribution in [-0.4, -0.2) is 13.1 Å². The van der Waals surface area contributed by atoms with Gasteiger partial charge in [0.1, 0.15) is 16.7 Å². The van der Waals surface area contributed by atoms with Crippen molar-refractivity contribution in [1.29, 1.82) is 0 Å². The standard InChI is InChI=1S/C20H10F15N/c1-3-36(4-2)16-8-14(26)13(25)7(15(16)27)19(32,33)17(28,29)5-9(21)11(23)6(12(24)10(5)22)18(30,31)20(8,34)35/h3-4H2,1-2H3. The number of alkyl halides is 8. The zero-order chi connectivity index (χ0) is 27.9. The molecular formula is C20H10F15N. The van der Waals surface area contributed by atoms with E-state index in [0.717, 1.165) is 13.8 Å². The summed E-state index contributed by atoms with van der Waals surface area (Å²) >= 11 is 0. The number of hydrogen-bond acceptors (Lipinski definition) is 1. The topological polar surface area (TPSA) is 3.24 Å². The molecule has 16 heteroatoms. The Hall–Kier alpha value is -2.81. The van der Waals surface area contributed by atoms with E-state index in [1.165, 1.54) is 0 Å². The van der Waals surface area contributed by atoms with Gasteiger partial charge in [-0.2, -0.15) is 35.1 Å².